The lowest BCUT2D eigenvalue weighted by Crippen LogP contribution is -1.89. The average Bonchev–Trinajstić information content (AvgIpc) is 2.68. The standard InChI is InChI=1S/C10H8N4/c11-4-6-14-7-10(13-8-14)9-3-1-2-5-12-9/h1-3,5,7-8H,6H2. The first-order chi connectivity index (χ1) is 6.90. The molecule has 68 valence electrons. The minimum absolute atomic E-state index is 0.319. The Morgan fingerprint density at radius 1 is 1.29 bits per heavy atom. The molecule has 0 fully saturated rings. The molecular formula is C10H8N4. The van der Waals surface area contributed by atoms with Gasteiger partial charge < -0.3 is 4.57 Å². The predicted molar refractivity (Wildman–Crippen MR) is 51.1 cm³/mol. The van der Waals surface area contributed by atoms with Gasteiger partial charge in [0, 0.05) is 12.4 Å². The maximum Gasteiger partial charge on any atom is 0.111 e. The lowest BCUT2D eigenvalue weighted by molar-refractivity contribution is 0.830. The molecule has 0 N–H and O–H groups in total. The largest absolute Gasteiger partial charge is 0.323 e. The van der Waals surface area contributed by atoms with Gasteiger partial charge in [0.15, 0.2) is 0 Å². The second kappa shape index (κ2) is 3.71. The highest BCUT2D eigenvalue weighted by Gasteiger charge is 2.01. The fraction of sp³-hybridized carbons (Fsp3) is 0.100. The Kier molecular flexibility index (Phi) is 2.24. The molecule has 4 nitrogen and oxygen atoms in total. The minimum atomic E-state index is 0.319. The average molecular weight is 184 g/mol. The fourth-order valence-electron chi connectivity index (χ4n) is 1.17. The van der Waals surface area contributed by atoms with Gasteiger partial charge in [0.1, 0.15) is 12.2 Å². The van der Waals surface area contributed by atoms with E-state index in [0.717, 1.165) is 11.4 Å². The molecule has 0 aromatic carbocycles. The molecule has 4 heteroatoms. The molecule has 0 unspecified atom stereocenters. The number of imidazole rings is 1. The van der Waals surface area contributed by atoms with E-state index >= 15 is 0 Å². The summed E-state index contributed by atoms with van der Waals surface area (Å²) in [5.41, 5.74) is 1.62. The Morgan fingerprint density at radius 3 is 2.93 bits per heavy atom. The van der Waals surface area contributed by atoms with E-state index in [1.165, 1.54) is 0 Å². The molecule has 0 saturated heterocycles. The Hall–Kier alpha value is -2.15. The van der Waals surface area contributed by atoms with Crippen LogP contribution in [0, 0.1) is 11.3 Å². The molecule has 0 amide bonds. The van der Waals surface area contributed by atoms with E-state index in [1.807, 2.05) is 24.4 Å². The Morgan fingerprint density at radius 2 is 2.21 bits per heavy atom. The Bertz CT molecular complexity index is 452. The third-order valence-electron chi connectivity index (χ3n) is 1.81. The maximum absolute atomic E-state index is 8.49. The van der Waals surface area contributed by atoms with Gasteiger partial charge in [-0.25, -0.2) is 4.98 Å². The summed E-state index contributed by atoms with van der Waals surface area (Å²) in [5, 5.41) is 8.49. The lowest BCUT2D eigenvalue weighted by Gasteiger charge is -1.92. The summed E-state index contributed by atoms with van der Waals surface area (Å²) in [7, 11) is 0. The van der Waals surface area contributed by atoms with Crippen LogP contribution in [0.2, 0.25) is 0 Å². The summed E-state index contributed by atoms with van der Waals surface area (Å²) in [6, 6.07) is 7.70. The van der Waals surface area contributed by atoms with Crippen LogP contribution in [0.3, 0.4) is 0 Å². The summed E-state index contributed by atoms with van der Waals surface area (Å²) in [5.74, 6) is 0. The van der Waals surface area contributed by atoms with Gasteiger partial charge in [0.2, 0.25) is 0 Å². The van der Waals surface area contributed by atoms with Gasteiger partial charge in [-0.3, -0.25) is 4.98 Å². The predicted octanol–water partition coefficient (Wildman–Crippen LogP) is 1.47. The van der Waals surface area contributed by atoms with Gasteiger partial charge in [0.05, 0.1) is 18.1 Å². The number of pyridine rings is 1. The van der Waals surface area contributed by atoms with Crippen molar-refractivity contribution in [1.29, 1.82) is 5.26 Å². The third-order valence-corrected chi connectivity index (χ3v) is 1.81. The van der Waals surface area contributed by atoms with Crippen LogP contribution in [0.1, 0.15) is 0 Å². The quantitative estimate of drug-likeness (QED) is 0.710. The van der Waals surface area contributed by atoms with E-state index < -0.39 is 0 Å². The number of hydrogen-bond donors (Lipinski definition) is 0. The van der Waals surface area contributed by atoms with E-state index in [1.54, 1.807) is 17.1 Å². The molecule has 2 rings (SSSR count). The summed E-state index contributed by atoms with van der Waals surface area (Å²) in [6.07, 6.45) is 5.16. The highest BCUT2D eigenvalue weighted by atomic mass is 15.0. The first-order valence-electron chi connectivity index (χ1n) is 4.20. The number of aromatic nitrogens is 3. The van der Waals surface area contributed by atoms with E-state index in [0.29, 0.717) is 6.54 Å². The zero-order valence-corrected chi connectivity index (χ0v) is 7.46. The first-order valence-corrected chi connectivity index (χ1v) is 4.20. The van der Waals surface area contributed by atoms with Crippen molar-refractivity contribution in [2.45, 2.75) is 6.54 Å². The van der Waals surface area contributed by atoms with Crippen molar-refractivity contribution in [3.8, 4) is 17.5 Å². The Labute approximate surface area is 81.5 Å². The summed E-state index contributed by atoms with van der Waals surface area (Å²) < 4.78 is 1.73. The van der Waals surface area contributed by atoms with E-state index in [2.05, 4.69) is 16.0 Å². The molecule has 0 aliphatic carbocycles. The van der Waals surface area contributed by atoms with Crippen molar-refractivity contribution in [3.63, 3.8) is 0 Å². The number of nitriles is 1. The van der Waals surface area contributed by atoms with Crippen LogP contribution in [0.5, 0.6) is 0 Å². The lowest BCUT2D eigenvalue weighted by atomic mass is 10.3. The summed E-state index contributed by atoms with van der Waals surface area (Å²) >= 11 is 0. The van der Waals surface area contributed by atoms with Crippen LogP contribution >= 0.6 is 0 Å². The highest BCUT2D eigenvalue weighted by molar-refractivity contribution is 5.52. The molecular weight excluding hydrogens is 176 g/mol. The van der Waals surface area contributed by atoms with Gasteiger partial charge >= 0.3 is 0 Å². The molecule has 14 heavy (non-hydrogen) atoms. The molecule has 0 atom stereocenters. The topological polar surface area (TPSA) is 54.5 Å². The second-order valence-corrected chi connectivity index (χ2v) is 2.80. The molecule has 0 spiro atoms. The van der Waals surface area contributed by atoms with E-state index in [-0.39, 0.29) is 0 Å². The van der Waals surface area contributed by atoms with Crippen molar-refractivity contribution in [3.05, 3.63) is 36.9 Å². The Balaban J connectivity index is 2.31. The van der Waals surface area contributed by atoms with Crippen LogP contribution < -0.4 is 0 Å². The number of nitrogens with zero attached hydrogens (tertiary/aromatic N) is 4. The highest BCUT2D eigenvalue weighted by Crippen LogP contribution is 2.12. The summed E-state index contributed by atoms with van der Waals surface area (Å²) in [4.78, 5) is 8.32. The van der Waals surface area contributed by atoms with Crippen LogP contribution in [0.25, 0.3) is 11.4 Å². The van der Waals surface area contributed by atoms with Gasteiger partial charge in [-0.15, -0.1) is 0 Å². The normalized spacial score (nSPS) is 9.64. The SMILES string of the molecule is N#CCn1cnc(-c2ccccn2)c1. The van der Waals surface area contributed by atoms with Gasteiger partial charge in [-0.05, 0) is 12.1 Å². The van der Waals surface area contributed by atoms with Crippen molar-refractivity contribution < 1.29 is 0 Å². The van der Waals surface area contributed by atoms with E-state index in [9.17, 15) is 0 Å². The molecule has 2 heterocycles. The van der Waals surface area contributed by atoms with Crippen LogP contribution in [-0.2, 0) is 6.54 Å². The van der Waals surface area contributed by atoms with Crippen LogP contribution in [-0.4, -0.2) is 14.5 Å². The van der Waals surface area contributed by atoms with Crippen molar-refractivity contribution >= 4 is 0 Å². The second-order valence-electron chi connectivity index (χ2n) is 2.80. The molecule has 0 saturated carbocycles. The van der Waals surface area contributed by atoms with Crippen molar-refractivity contribution in [2.24, 2.45) is 0 Å². The van der Waals surface area contributed by atoms with Crippen molar-refractivity contribution in [1.82, 2.24) is 14.5 Å². The fourth-order valence-corrected chi connectivity index (χ4v) is 1.17. The molecule has 0 aliphatic rings. The minimum Gasteiger partial charge on any atom is -0.323 e. The third kappa shape index (κ3) is 1.62. The number of hydrogen-bond acceptors (Lipinski definition) is 3. The number of rotatable bonds is 2. The zero-order chi connectivity index (χ0) is 9.80. The first kappa shape index (κ1) is 8.45. The molecule has 0 bridgehead atoms. The zero-order valence-electron chi connectivity index (χ0n) is 7.46. The van der Waals surface area contributed by atoms with Gasteiger partial charge in [-0.1, -0.05) is 6.07 Å². The maximum atomic E-state index is 8.49. The molecule has 2 aromatic rings. The molecule has 0 aliphatic heterocycles. The molecule has 2 aromatic heterocycles. The van der Waals surface area contributed by atoms with Gasteiger partial charge in [0.25, 0.3) is 0 Å². The smallest absolute Gasteiger partial charge is 0.111 e. The van der Waals surface area contributed by atoms with Gasteiger partial charge in [-0.2, -0.15) is 5.26 Å². The van der Waals surface area contributed by atoms with Crippen LogP contribution in [0.15, 0.2) is 36.9 Å². The summed E-state index contributed by atoms with van der Waals surface area (Å²) in [6.45, 7) is 0.319. The molecule has 0 radical (unpaired) electrons. The monoisotopic (exact) mass is 184 g/mol. The van der Waals surface area contributed by atoms with Crippen molar-refractivity contribution in [2.75, 3.05) is 0 Å². The van der Waals surface area contributed by atoms with Crippen LogP contribution in [0.4, 0.5) is 0 Å². The van der Waals surface area contributed by atoms with E-state index in [4.69, 9.17) is 5.26 Å².